The van der Waals surface area contributed by atoms with Crippen LogP contribution in [0.5, 0.6) is 5.75 Å². The summed E-state index contributed by atoms with van der Waals surface area (Å²) in [7, 11) is 1.67. The van der Waals surface area contributed by atoms with Crippen LogP contribution in [0.4, 0.5) is 0 Å². The molecule has 0 unspecified atom stereocenters. The molecule has 0 saturated carbocycles. The van der Waals surface area contributed by atoms with Crippen LogP contribution >= 0.6 is 11.6 Å². The molecular weight excluding hydrogens is 234 g/mol. The summed E-state index contributed by atoms with van der Waals surface area (Å²) in [6.45, 7) is 5.27. The minimum absolute atomic E-state index is 0.532. The van der Waals surface area contributed by atoms with Crippen LogP contribution in [0.25, 0.3) is 6.08 Å². The number of hydrogen-bond acceptors (Lipinski definition) is 2. The van der Waals surface area contributed by atoms with Crippen molar-refractivity contribution in [1.82, 2.24) is 5.32 Å². The quantitative estimate of drug-likeness (QED) is 0.780. The maximum Gasteiger partial charge on any atom is 0.126 e. The van der Waals surface area contributed by atoms with Crippen LogP contribution in [0, 0.1) is 0 Å². The van der Waals surface area contributed by atoms with E-state index in [0.717, 1.165) is 29.3 Å². The van der Waals surface area contributed by atoms with Gasteiger partial charge in [0.05, 0.1) is 7.11 Å². The van der Waals surface area contributed by atoms with Crippen molar-refractivity contribution in [2.75, 3.05) is 13.7 Å². The van der Waals surface area contributed by atoms with Crippen molar-refractivity contribution >= 4 is 17.7 Å². The summed E-state index contributed by atoms with van der Waals surface area (Å²) in [5.41, 5.74) is 1.02. The highest BCUT2D eigenvalue weighted by Crippen LogP contribution is 2.23. The van der Waals surface area contributed by atoms with Gasteiger partial charge in [-0.05, 0) is 31.2 Å². The molecule has 2 nitrogen and oxygen atoms in total. The second kappa shape index (κ2) is 7.36. The molecule has 0 aliphatic rings. The van der Waals surface area contributed by atoms with E-state index in [-0.39, 0.29) is 0 Å². The summed E-state index contributed by atoms with van der Waals surface area (Å²) >= 11 is 5.95. The van der Waals surface area contributed by atoms with Gasteiger partial charge in [0.2, 0.25) is 0 Å². The van der Waals surface area contributed by atoms with E-state index in [9.17, 15) is 0 Å². The Balaban J connectivity index is 2.55. The summed E-state index contributed by atoms with van der Waals surface area (Å²) in [4.78, 5) is 0. The molecule has 1 rings (SSSR count). The zero-order valence-electron chi connectivity index (χ0n) is 10.7. The smallest absolute Gasteiger partial charge is 0.126 e. The molecule has 0 aromatic heterocycles. The van der Waals surface area contributed by atoms with Crippen LogP contribution < -0.4 is 10.1 Å². The van der Waals surface area contributed by atoms with Crippen LogP contribution in [0.1, 0.15) is 25.8 Å². The van der Waals surface area contributed by atoms with Gasteiger partial charge < -0.3 is 10.1 Å². The van der Waals surface area contributed by atoms with Gasteiger partial charge in [0.15, 0.2) is 0 Å². The van der Waals surface area contributed by atoms with E-state index in [1.807, 2.05) is 24.3 Å². The topological polar surface area (TPSA) is 21.3 Å². The third-order valence-corrected chi connectivity index (χ3v) is 2.59. The first kappa shape index (κ1) is 14.1. The Morgan fingerprint density at radius 1 is 1.41 bits per heavy atom. The first-order valence-electron chi connectivity index (χ1n) is 5.87. The van der Waals surface area contributed by atoms with Gasteiger partial charge in [0, 0.05) is 16.6 Å². The highest BCUT2D eigenvalue weighted by molar-refractivity contribution is 6.30. The normalized spacial score (nSPS) is 11.4. The Morgan fingerprint density at radius 3 is 2.82 bits per heavy atom. The number of rotatable bonds is 6. The summed E-state index contributed by atoms with van der Waals surface area (Å²) < 4.78 is 5.27. The highest BCUT2D eigenvalue weighted by Gasteiger charge is 1.99. The van der Waals surface area contributed by atoms with E-state index < -0.39 is 0 Å². The van der Waals surface area contributed by atoms with Gasteiger partial charge in [-0.1, -0.05) is 37.6 Å². The molecule has 94 valence electrons. The van der Waals surface area contributed by atoms with Gasteiger partial charge >= 0.3 is 0 Å². The lowest BCUT2D eigenvalue weighted by atomic mass is 10.1. The maximum absolute atomic E-state index is 5.95. The van der Waals surface area contributed by atoms with Crippen LogP contribution in [0.15, 0.2) is 24.3 Å². The fourth-order valence-corrected chi connectivity index (χ4v) is 1.68. The highest BCUT2D eigenvalue weighted by atomic mass is 35.5. The molecule has 0 radical (unpaired) electrons. The number of benzene rings is 1. The van der Waals surface area contributed by atoms with Crippen molar-refractivity contribution in [2.45, 2.75) is 26.3 Å². The summed E-state index contributed by atoms with van der Waals surface area (Å²) in [5, 5.41) is 4.09. The van der Waals surface area contributed by atoms with Crippen molar-refractivity contribution < 1.29 is 4.74 Å². The van der Waals surface area contributed by atoms with E-state index in [2.05, 4.69) is 25.2 Å². The fraction of sp³-hybridized carbons (Fsp3) is 0.429. The van der Waals surface area contributed by atoms with Crippen molar-refractivity contribution in [3.63, 3.8) is 0 Å². The van der Waals surface area contributed by atoms with Gasteiger partial charge in [-0.2, -0.15) is 0 Å². The van der Waals surface area contributed by atoms with Crippen LogP contribution in [0.2, 0.25) is 5.02 Å². The number of methoxy groups -OCH3 is 1. The molecule has 0 amide bonds. The van der Waals surface area contributed by atoms with Crippen LogP contribution in [-0.2, 0) is 0 Å². The van der Waals surface area contributed by atoms with E-state index in [1.54, 1.807) is 7.11 Å². The SMILES string of the molecule is COc1ccc(Cl)cc1C=CCCNC(C)C. The predicted molar refractivity (Wildman–Crippen MR) is 74.8 cm³/mol. The molecule has 0 aliphatic carbocycles. The van der Waals surface area contributed by atoms with Crippen molar-refractivity contribution in [3.05, 3.63) is 34.9 Å². The third-order valence-electron chi connectivity index (χ3n) is 2.35. The number of hydrogen-bond donors (Lipinski definition) is 1. The van der Waals surface area contributed by atoms with Gasteiger partial charge in [0.1, 0.15) is 5.75 Å². The molecule has 1 aromatic rings. The molecule has 1 N–H and O–H groups in total. The maximum atomic E-state index is 5.95. The van der Waals surface area contributed by atoms with Gasteiger partial charge in [-0.3, -0.25) is 0 Å². The Kier molecular flexibility index (Phi) is 6.09. The minimum Gasteiger partial charge on any atom is -0.496 e. The molecule has 0 bridgehead atoms. The molecule has 0 fully saturated rings. The second-order valence-electron chi connectivity index (χ2n) is 4.19. The standard InChI is InChI=1S/C14H20ClNO/c1-11(2)16-9-5-4-6-12-10-13(15)7-8-14(12)17-3/h4,6-8,10-11,16H,5,9H2,1-3H3. The largest absolute Gasteiger partial charge is 0.496 e. The molecular formula is C14H20ClNO. The molecule has 0 spiro atoms. The third kappa shape index (κ3) is 5.24. The molecule has 0 saturated heterocycles. The number of ether oxygens (including phenoxy) is 1. The van der Waals surface area contributed by atoms with Gasteiger partial charge in [-0.25, -0.2) is 0 Å². The van der Waals surface area contributed by atoms with Crippen molar-refractivity contribution in [1.29, 1.82) is 0 Å². The first-order chi connectivity index (χ1) is 8.13. The predicted octanol–water partition coefficient (Wildman–Crippen LogP) is 3.75. The Hall–Kier alpha value is -0.990. The Labute approximate surface area is 109 Å². The van der Waals surface area contributed by atoms with Crippen LogP contribution in [0.3, 0.4) is 0 Å². The first-order valence-corrected chi connectivity index (χ1v) is 6.24. The summed E-state index contributed by atoms with van der Waals surface area (Å²) in [6.07, 6.45) is 5.17. The molecule has 1 aromatic carbocycles. The molecule has 0 aliphatic heterocycles. The van der Waals surface area contributed by atoms with E-state index in [0.29, 0.717) is 6.04 Å². The fourth-order valence-electron chi connectivity index (χ4n) is 1.50. The number of halogens is 1. The Bertz CT molecular complexity index is 374. The van der Waals surface area contributed by atoms with Gasteiger partial charge in [0.25, 0.3) is 0 Å². The summed E-state index contributed by atoms with van der Waals surface area (Å²) in [6, 6.07) is 6.16. The average molecular weight is 254 g/mol. The van der Waals surface area contributed by atoms with E-state index >= 15 is 0 Å². The number of nitrogens with one attached hydrogen (secondary N) is 1. The minimum atomic E-state index is 0.532. The molecule has 3 heteroatoms. The van der Waals surface area contributed by atoms with Gasteiger partial charge in [-0.15, -0.1) is 0 Å². The van der Waals surface area contributed by atoms with E-state index in [1.165, 1.54) is 0 Å². The lowest BCUT2D eigenvalue weighted by Crippen LogP contribution is -2.23. The second-order valence-corrected chi connectivity index (χ2v) is 4.62. The zero-order valence-corrected chi connectivity index (χ0v) is 11.4. The average Bonchev–Trinajstić information content (AvgIpc) is 2.28. The zero-order chi connectivity index (χ0) is 12.7. The van der Waals surface area contributed by atoms with Crippen molar-refractivity contribution in [3.8, 4) is 5.75 Å². The molecule has 0 atom stereocenters. The molecule has 0 heterocycles. The lowest BCUT2D eigenvalue weighted by molar-refractivity contribution is 0.414. The molecule has 17 heavy (non-hydrogen) atoms. The summed E-state index contributed by atoms with van der Waals surface area (Å²) in [5.74, 6) is 0.850. The van der Waals surface area contributed by atoms with Crippen LogP contribution in [-0.4, -0.2) is 19.7 Å². The monoisotopic (exact) mass is 253 g/mol. The van der Waals surface area contributed by atoms with E-state index in [4.69, 9.17) is 16.3 Å². The Morgan fingerprint density at radius 2 is 2.18 bits per heavy atom. The lowest BCUT2D eigenvalue weighted by Gasteiger charge is -2.06. The van der Waals surface area contributed by atoms with Crippen molar-refractivity contribution in [2.24, 2.45) is 0 Å².